The Labute approximate surface area is 198 Å². The Morgan fingerprint density at radius 2 is 1.91 bits per heavy atom. The SMILES string of the molecule is CC(Sc1nc2scc(C3CC3)c2c(=O)n1-c1ccccc1)C(=O)Nc1ccc(Cl)cc1. The summed E-state index contributed by atoms with van der Waals surface area (Å²) in [7, 11) is 0. The number of aromatic nitrogens is 2. The van der Waals surface area contributed by atoms with Gasteiger partial charge in [0.25, 0.3) is 5.56 Å². The van der Waals surface area contributed by atoms with Gasteiger partial charge in [-0.2, -0.15) is 0 Å². The van der Waals surface area contributed by atoms with Crippen LogP contribution < -0.4 is 10.9 Å². The zero-order valence-corrected chi connectivity index (χ0v) is 19.6. The van der Waals surface area contributed by atoms with Crippen molar-refractivity contribution in [1.82, 2.24) is 9.55 Å². The molecule has 0 radical (unpaired) electrons. The number of carbonyl (C=O) groups excluding carboxylic acids is 1. The number of hydrogen-bond acceptors (Lipinski definition) is 5. The molecule has 2 aromatic carbocycles. The first-order chi connectivity index (χ1) is 15.5. The predicted molar refractivity (Wildman–Crippen MR) is 133 cm³/mol. The second kappa shape index (κ2) is 8.73. The molecule has 1 amide bonds. The number of benzene rings is 2. The molecule has 5 nitrogen and oxygen atoms in total. The molecule has 0 spiro atoms. The fourth-order valence-corrected chi connectivity index (χ4v) is 5.68. The normalized spacial score (nSPS) is 14.4. The van der Waals surface area contributed by atoms with Crippen LogP contribution in [0.5, 0.6) is 0 Å². The van der Waals surface area contributed by atoms with Crippen LogP contribution in [0.1, 0.15) is 31.2 Å². The van der Waals surface area contributed by atoms with Crippen LogP contribution in [-0.4, -0.2) is 20.7 Å². The maximum atomic E-state index is 13.6. The van der Waals surface area contributed by atoms with Gasteiger partial charge in [-0.1, -0.05) is 41.6 Å². The predicted octanol–water partition coefficient (Wildman–Crippen LogP) is 6.10. The molecule has 0 bridgehead atoms. The maximum Gasteiger partial charge on any atom is 0.267 e. The first kappa shape index (κ1) is 21.2. The van der Waals surface area contributed by atoms with Gasteiger partial charge >= 0.3 is 0 Å². The summed E-state index contributed by atoms with van der Waals surface area (Å²) in [6.07, 6.45) is 2.24. The van der Waals surface area contributed by atoms with Crippen molar-refractivity contribution in [2.75, 3.05) is 5.32 Å². The molecule has 1 atom stereocenters. The Hall–Kier alpha value is -2.61. The number of anilines is 1. The summed E-state index contributed by atoms with van der Waals surface area (Å²) in [5.41, 5.74) is 2.45. The van der Waals surface area contributed by atoms with E-state index < -0.39 is 5.25 Å². The molecule has 1 saturated carbocycles. The molecule has 1 unspecified atom stereocenters. The van der Waals surface area contributed by atoms with E-state index in [1.165, 1.54) is 23.1 Å². The number of hydrogen-bond donors (Lipinski definition) is 1. The Balaban J connectivity index is 1.52. The van der Waals surface area contributed by atoms with Gasteiger partial charge in [0.05, 0.1) is 16.3 Å². The number of nitrogens with one attached hydrogen (secondary N) is 1. The third-order valence-electron chi connectivity index (χ3n) is 5.40. The van der Waals surface area contributed by atoms with Crippen molar-refractivity contribution in [2.45, 2.75) is 36.1 Å². The van der Waals surface area contributed by atoms with E-state index in [-0.39, 0.29) is 11.5 Å². The van der Waals surface area contributed by atoms with Crippen molar-refractivity contribution in [2.24, 2.45) is 0 Å². The largest absolute Gasteiger partial charge is 0.325 e. The lowest BCUT2D eigenvalue weighted by Gasteiger charge is -2.16. The minimum Gasteiger partial charge on any atom is -0.325 e. The summed E-state index contributed by atoms with van der Waals surface area (Å²) >= 11 is 8.71. The fraction of sp³-hybridized carbons (Fsp3) is 0.208. The molecule has 32 heavy (non-hydrogen) atoms. The number of thiophene rings is 1. The summed E-state index contributed by atoms with van der Waals surface area (Å²) < 4.78 is 1.64. The second-order valence-electron chi connectivity index (χ2n) is 7.77. The van der Waals surface area contributed by atoms with Crippen molar-refractivity contribution >= 4 is 56.5 Å². The highest BCUT2D eigenvalue weighted by atomic mass is 35.5. The molecular weight excluding hydrogens is 462 g/mol. The van der Waals surface area contributed by atoms with Gasteiger partial charge in [-0.3, -0.25) is 14.2 Å². The highest BCUT2D eigenvalue weighted by Crippen LogP contribution is 2.44. The molecule has 4 aromatic rings. The molecule has 1 fully saturated rings. The van der Waals surface area contributed by atoms with E-state index in [2.05, 4.69) is 10.7 Å². The molecule has 1 aliphatic carbocycles. The molecule has 8 heteroatoms. The van der Waals surface area contributed by atoms with Crippen molar-refractivity contribution < 1.29 is 4.79 Å². The number of rotatable bonds is 6. The average Bonchev–Trinajstić information content (AvgIpc) is 3.55. The highest BCUT2D eigenvalue weighted by molar-refractivity contribution is 8.00. The van der Waals surface area contributed by atoms with Gasteiger partial charge in [0.15, 0.2) is 5.16 Å². The average molecular weight is 482 g/mol. The van der Waals surface area contributed by atoms with Gasteiger partial charge in [-0.05, 0) is 73.0 Å². The second-order valence-corrected chi connectivity index (χ2v) is 10.4. The monoisotopic (exact) mass is 481 g/mol. The molecule has 162 valence electrons. The first-order valence-electron chi connectivity index (χ1n) is 10.3. The van der Waals surface area contributed by atoms with Gasteiger partial charge in [-0.25, -0.2) is 4.98 Å². The topological polar surface area (TPSA) is 64.0 Å². The number of para-hydroxylation sites is 1. The molecule has 1 N–H and O–H groups in total. The van der Waals surface area contributed by atoms with Crippen molar-refractivity contribution in [1.29, 1.82) is 0 Å². The van der Waals surface area contributed by atoms with Gasteiger partial charge in [-0.15, -0.1) is 11.3 Å². The van der Waals surface area contributed by atoms with Gasteiger partial charge < -0.3 is 5.32 Å². The summed E-state index contributed by atoms with van der Waals surface area (Å²) in [6.45, 7) is 1.81. The van der Waals surface area contributed by atoms with Crippen molar-refractivity contribution in [3.63, 3.8) is 0 Å². The lowest BCUT2D eigenvalue weighted by Crippen LogP contribution is -2.26. The molecule has 1 aliphatic rings. The molecular formula is C24H20ClN3O2S2. The summed E-state index contributed by atoms with van der Waals surface area (Å²) in [4.78, 5) is 32.0. The van der Waals surface area contributed by atoms with E-state index >= 15 is 0 Å². The van der Waals surface area contributed by atoms with E-state index in [4.69, 9.17) is 16.6 Å². The van der Waals surface area contributed by atoms with Gasteiger partial charge in [0.1, 0.15) is 4.83 Å². The Morgan fingerprint density at radius 3 is 2.59 bits per heavy atom. The standard InChI is InChI=1S/C24H20ClN3O2S2/c1-14(21(29)26-17-11-9-16(25)10-12-17)32-24-27-22-20(19(13-31-22)15-7-8-15)23(30)28(24)18-5-3-2-4-6-18/h2-6,9-15H,7-8H2,1H3,(H,26,29). The number of carbonyl (C=O) groups is 1. The van der Waals surface area contributed by atoms with E-state index in [1.807, 2.05) is 37.3 Å². The fourth-order valence-electron chi connectivity index (χ4n) is 3.56. The molecule has 2 heterocycles. The van der Waals surface area contributed by atoms with Crippen molar-refractivity contribution in [3.8, 4) is 5.69 Å². The maximum absolute atomic E-state index is 13.6. The quantitative estimate of drug-likeness (QED) is 0.267. The number of thioether (sulfide) groups is 1. The first-order valence-corrected chi connectivity index (χ1v) is 12.5. The van der Waals surface area contributed by atoms with E-state index in [0.29, 0.717) is 27.2 Å². The molecule has 0 aliphatic heterocycles. The summed E-state index contributed by atoms with van der Waals surface area (Å²) in [6, 6.07) is 16.5. The smallest absolute Gasteiger partial charge is 0.267 e. The zero-order chi connectivity index (χ0) is 22.2. The van der Waals surface area contributed by atoms with Gasteiger partial charge in [0.2, 0.25) is 5.91 Å². The van der Waals surface area contributed by atoms with Crippen LogP contribution in [0.15, 0.2) is 69.9 Å². The van der Waals surface area contributed by atoms with Crippen LogP contribution in [0.3, 0.4) is 0 Å². The van der Waals surface area contributed by atoms with Crippen LogP contribution in [0.4, 0.5) is 5.69 Å². The molecule has 5 rings (SSSR count). The lowest BCUT2D eigenvalue weighted by atomic mass is 10.1. The zero-order valence-electron chi connectivity index (χ0n) is 17.2. The minimum absolute atomic E-state index is 0.0721. The van der Waals surface area contributed by atoms with Crippen molar-refractivity contribution in [3.05, 3.63) is 80.9 Å². The number of nitrogens with zero attached hydrogens (tertiary/aromatic N) is 2. The number of fused-ring (bicyclic) bond motifs is 1. The van der Waals surface area contributed by atoms with Crippen LogP contribution in [-0.2, 0) is 4.79 Å². The van der Waals surface area contributed by atoms with Crippen LogP contribution >= 0.6 is 34.7 Å². The van der Waals surface area contributed by atoms with E-state index in [1.54, 1.807) is 28.8 Å². The van der Waals surface area contributed by atoms with Crippen LogP contribution in [0.2, 0.25) is 5.02 Å². The highest BCUT2D eigenvalue weighted by Gasteiger charge is 2.29. The number of amides is 1. The molecule has 0 saturated heterocycles. The van der Waals surface area contributed by atoms with E-state index in [0.717, 1.165) is 28.9 Å². The Kier molecular flexibility index (Phi) is 5.80. The van der Waals surface area contributed by atoms with Crippen LogP contribution in [0, 0.1) is 0 Å². The Bertz CT molecular complexity index is 1350. The summed E-state index contributed by atoms with van der Waals surface area (Å²) in [5.74, 6) is 0.293. The van der Waals surface area contributed by atoms with E-state index in [9.17, 15) is 9.59 Å². The molecule has 2 aromatic heterocycles. The van der Waals surface area contributed by atoms with Gasteiger partial charge in [0, 0.05) is 10.7 Å². The minimum atomic E-state index is -0.465. The third kappa shape index (κ3) is 4.20. The Morgan fingerprint density at radius 1 is 1.19 bits per heavy atom. The number of halogens is 1. The third-order valence-corrected chi connectivity index (χ3v) is 7.59. The lowest BCUT2D eigenvalue weighted by molar-refractivity contribution is -0.115. The summed E-state index contributed by atoms with van der Waals surface area (Å²) in [5, 5.41) is 6.33. The van der Waals surface area contributed by atoms with Crippen LogP contribution in [0.25, 0.3) is 15.9 Å².